The lowest BCUT2D eigenvalue weighted by Crippen LogP contribution is -2.17. The van der Waals surface area contributed by atoms with Crippen molar-refractivity contribution in [3.8, 4) is 0 Å². The lowest BCUT2D eigenvalue weighted by atomic mass is 9.76. The van der Waals surface area contributed by atoms with Crippen molar-refractivity contribution < 1.29 is 4.79 Å². The van der Waals surface area contributed by atoms with Crippen LogP contribution in [-0.4, -0.2) is 27.4 Å². The van der Waals surface area contributed by atoms with Crippen molar-refractivity contribution in [3.63, 3.8) is 0 Å². The minimum Gasteiger partial charge on any atom is -0.370 e. The van der Waals surface area contributed by atoms with Crippen molar-refractivity contribution in [2.75, 3.05) is 17.2 Å². The van der Waals surface area contributed by atoms with Crippen molar-refractivity contribution in [3.05, 3.63) is 83.2 Å². The summed E-state index contributed by atoms with van der Waals surface area (Å²) in [7, 11) is 0. The SMILES string of the molecule is [C-]#[N+]c1cnc(C(=O)Nc2ccc(CCNc3ccccn3)cc2C2=CCC(C)(C)CC2)[nH]1. The Morgan fingerprint density at radius 3 is 2.82 bits per heavy atom. The molecule has 0 bridgehead atoms. The van der Waals surface area contributed by atoms with Gasteiger partial charge in [0.05, 0.1) is 6.20 Å². The highest BCUT2D eigenvalue weighted by atomic mass is 16.2. The highest BCUT2D eigenvalue weighted by Crippen LogP contribution is 2.40. The topological polar surface area (TPSA) is 87.1 Å². The van der Waals surface area contributed by atoms with Gasteiger partial charge in [0.15, 0.2) is 0 Å². The first-order valence-corrected chi connectivity index (χ1v) is 11.1. The number of allylic oxidation sites excluding steroid dienone is 2. The number of hydrogen-bond donors (Lipinski definition) is 3. The molecule has 0 unspecified atom stereocenters. The second kappa shape index (κ2) is 9.70. The number of carbonyl (C=O) groups excluding carboxylic acids is 1. The zero-order valence-corrected chi connectivity index (χ0v) is 19.0. The fraction of sp³-hybridized carbons (Fsp3) is 0.308. The summed E-state index contributed by atoms with van der Waals surface area (Å²) in [6, 6.07) is 12.0. The van der Waals surface area contributed by atoms with E-state index in [1.165, 1.54) is 17.3 Å². The van der Waals surface area contributed by atoms with Gasteiger partial charge in [0.1, 0.15) is 5.82 Å². The molecule has 1 aliphatic carbocycles. The van der Waals surface area contributed by atoms with Gasteiger partial charge in [-0.15, -0.1) is 0 Å². The van der Waals surface area contributed by atoms with Crippen molar-refractivity contribution in [1.29, 1.82) is 0 Å². The van der Waals surface area contributed by atoms with E-state index in [1.54, 1.807) is 6.20 Å². The molecule has 7 heteroatoms. The molecule has 1 amide bonds. The molecule has 0 radical (unpaired) electrons. The number of nitrogens with zero attached hydrogens (tertiary/aromatic N) is 3. The first-order valence-electron chi connectivity index (χ1n) is 11.1. The Kier molecular flexibility index (Phi) is 6.55. The highest BCUT2D eigenvalue weighted by molar-refractivity contribution is 6.03. The molecule has 0 fully saturated rings. The highest BCUT2D eigenvalue weighted by Gasteiger charge is 2.24. The Balaban J connectivity index is 1.55. The number of carbonyl (C=O) groups is 1. The normalized spacial score (nSPS) is 14.8. The van der Waals surface area contributed by atoms with Gasteiger partial charge in [-0.3, -0.25) is 9.78 Å². The molecule has 0 saturated carbocycles. The summed E-state index contributed by atoms with van der Waals surface area (Å²) >= 11 is 0. The van der Waals surface area contributed by atoms with E-state index >= 15 is 0 Å². The van der Waals surface area contributed by atoms with Crippen LogP contribution in [0.2, 0.25) is 0 Å². The number of pyridine rings is 1. The van der Waals surface area contributed by atoms with E-state index in [0.717, 1.165) is 49.3 Å². The van der Waals surface area contributed by atoms with Crippen molar-refractivity contribution in [2.45, 2.75) is 39.5 Å². The first-order chi connectivity index (χ1) is 15.9. The summed E-state index contributed by atoms with van der Waals surface area (Å²) in [5, 5.41) is 6.34. The number of H-pyrrole nitrogens is 1. The third kappa shape index (κ3) is 5.66. The number of hydrogen-bond acceptors (Lipinski definition) is 4. The molecule has 168 valence electrons. The van der Waals surface area contributed by atoms with Gasteiger partial charge in [-0.1, -0.05) is 38.6 Å². The smallest absolute Gasteiger partial charge is 0.314 e. The minimum atomic E-state index is -0.354. The van der Waals surface area contributed by atoms with Crippen LogP contribution in [0, 0.1) is 12.0 Å². The maximum Gasteiger partial charge on any atom is 0.314 e. The van der Waals surface area contributed by atoms with E-state index in [9.17, 15) is 4.79 Å². The second-order valence-electron chi connectivity index (χ2n) is 9.05. The largest absolute Gasteiger partial charge is 0.370 e. The quantitative estimate of drug-likeness (QED) is 0.402. The molecular weight excluding hydrogens is 412 g/mol. The number of aromatic nitrogens is 3. The average molecular weight is 441 g/mol. The molecule has 33 heavy (non-hydrogen) atoms. The zero-order valence-electron chi connectivity index (χ0n) is 19.0. The van der Waals surface area contributed by atoms with Crippen LogP contribution in [0.4, 0.5) is 17.3 Å². The van der Waals surface area contributed by atoms with Gasteiger partial charge in [0.2, 0.25) is 5.82 Å². The number of anilines is 2. The monoisotopic (exact) mass is 440 g/mol. The molecule has 4 rings (SSSR count). The van der Waals surface area contributed by atoms with Gasteiger partial charge in [0.25, 0.3) is 5.82 Å². The van der Waals surface area contributed by atoms with Crippen molar-refractivity contribution in [2.24, 2.45) is 5.41 Å². The van der Waals surface area contributed by atoms with Crippen LogP contribution in [0.5, 0.6) is 0 Å². The Bertz CT molecular complexity index is 1200. The van der Waals surface area contributed by atoms with E-state index in [4.69, 9.17) is 6.57 Å². The first kappa shape index (κ1) is 22.3. The van der Waals surface area contributed by atoms with E-state index in [2.05, 4.69) is 56.4 Å². The summed E-state index contributed by atoms with van der Waals surface area (Å²) in [5.74, 6) is 0.881. The predicted octanol–water partition coefficient (Wildman–Crippen LogP) is 5.86. The molecule has 2 heterocycles. The van der Waals surface area contributed by atoms with Gasteiger partial charge in [-0.25, -0.2) is 9.97 Å². The number of nitrogens with one attached hydrogen (secondary N) is 3. The number of rotatable bonds is 7. The molecule has 1 aliphatic rings. The summed E-state index contributed by atoms with van der Waals surface area (Å²) in [6.07, 6.45) is 9.35. The van der Waals surface area contributed by atoms with Crippen LogP contribution in [0.1, 0.15) is 54.9 Å². The van der Waals surface area contributed by atoms with Gasteiger partial charge in [-0.2, -0.15) is 0 Å². The van der Waals surface area contributed by atoms with E-state index in [-0.39, 0.29) is 17.5 Å². The van der Waals surface area contributed by atoms with Crippen molar-refractivity contribution >= 4 is 28.8 Å². The average Bonchev–Trinajstić information content (AvgIpc) is 3.30. The standard InChI is InChI=1S/C26H28N6O/c1-26(2)12-9-19(10-13-26)20-16-18(11-15-29-22-6-4-5-14-28-22)7-8-21(20)31-25(33)24-30-17-23(27-3)32-24/h4-9,14,16-17H,10-13,15H2,1-2H3,(H,28,29)(H,30,32)(H,31,33). The molecule has 0 saturated heterocycles. The predicted molar refractivity (Wildman–Crippen MR) is 131 cm³/mol. The second-order valence-corrected chi connectivity index (χ2v) is 9.05. The van der Waals surface area contributed by atoms with Gasteiger partial charge in [-0.05, 0) is 66.5 Å². The van der Waals surface area contributed by atoms with Crippen LogP contribution >= 0.6 is 0 Å². The maximum absolute atomic E-state index is 12.8. The minimum absolute atomic E-state index is 0.134. The van der Waals surface area contributed by atoms with Gasteiger partial charge >= 0.3 is 5.91 Å². The van der Waals surface area contributed by atoms with Crippen LogP contribution in [0.15, 0.2) is 54.9 Å². The molecule has 0 atom stereocenters. The lowest BCUT2D eigenvalue weighted by Gasteiger charge is -2.29. The van der Waals surface area contributed by atoms with E-state index in [0.29, 0.717) is 5.41 Å². The maximum atomic E-state index is 12.8. The summed E-state index contributed by atoms with van der Waals surface area (Å²) < 4.78 is 0. The van der Waals surface area contributed by atoms with Crippen molar-refractivity contribution in [1.82, 2.24) is 15.0 Å². The molecule has 3 N–H and O–H groups in total. The number of aromatic amines is 1. The number of benzene rings is 1. The fourth-order valence-electron chi connectivity index (χ4n) is 3.91. The molecule has 0 aliphatic heterocycles. The molecule has 7 nitrogen and oxygen atoms in total. The van der Waals surface area contributed by atoms with E-state index in [1.807, 2.05) is 30.3 Å². The molecule has 3 aromatic rings. The van der Waals surface area contributed by atoms with Crippen LogP contribution < -0.4 is 10.6 Å². The fourth-order valence-corrected chi connectivity index (χ4v) is 3.91. The summed E-state index contributed by atoms with van der Waals surface area (Å²) in [5.41, 5.74) is 4.54. The molecular formula is C26H28N6O. The van der Waals surface area contributed by atoms with E-state index < -0.39 is 0 Å². The van der Waals surface area contributed by atoms with Gasteiger partial charge < -0.3 is 15.5 Å². The third-order valence-corrected chi connectivity index (χ3v) is 5.93. The molecule has 2 aromatic heterocycles. The summed E-state index contributed by atoms with van der Waals surface area (Å²) in [6.45, 7) is 12.4. The lowest BCUT2D eigenvalue weighted by molar-refractivity contribution is 0.101. The summed E-state index contributed by atoms with van der Waals surface area (Å²) in [4.78, 5) is 27.1. The number of amides is 1. The third-order valence-electron chi connectivity index (χ3n) is 5.93. The number of imidazole rings is 1. The molecule has 1 aromatic carbocycles. The zero-order chi connectivity index (χ0) is 23.3. The Labute approximate surface area is 194 Å². The van der Waals surface area contributed by atoms with Gasteiger partial charge in [0, 0.05) is 24.0 Å². The van der Waals surface area contributed by atoms with Crippen LogP contribution in [0.3, 0.4) is 0 Å². The van der Waals surface area contributed by atoms with Crippen LogP contribution in [0.25, 0.3) is 10.4 Å². The Morgan fingerprint density at radius 2 is 2.12 bits per heavy atom. The Morgan fingerprint density at radius 1 is 1.24 bits per heavy atom. The Hall–Kier alpha value is -3.92. The van der Waals surface area contributed by atoms with Crippen LogP contribution in [-0.2, 0) is 6.42 Å². The molecule has 0 spiro atoms.